The minimum Gasteiger partial charge on any atom is -0.462 e. The van der Waals surface area contributed by atoms with Gasteiger partial charge in [0.15, 0.2) is 12.2 Å². The molecule has 0 saturated heterocycles. The topological polar surface area (TPSA) is 237 Å². The average Bonchev–Trinajstić information content (AvgIpc) is 0.902. The number of aliphatic hydroxyl groups excluding tert-OH is 1. The number of rotatable bonds is 87. The second kappa shape index (κ2) is 79.7. The van der Waals surface area contributed by atoms with E-state index < -0.39 is 97.5 Å². The molecule has 3 N–H and O–H groups in total. The largest absolute Gasteiger partial charge is 0.472 e. The number of phosphoric acid groups is 2. The Bertz CT molecular complexity index is 2010. The van der Waals surface area contributed by atoms with E-state index in [1.807, 2.05) is 0 Å². The summed E-state index contributed by atoms with van der Waals surface area (Å²) >= 11 is 0. The van der Waals surface area contributed by atoms with E-state index in [1.54, 1.807) is 0 Å². The first kappa shape index (κ1) is 104. The zero-order valence-electron chi connectivity index (χ0n) is 69.6. The molecule has 0 aliphatic rings. The fraction of sp³-hybridized carbons (Fsp3) is 0.954. The van der Waals surface area contributed by atoms with Gasteiger partial charge >= 0.3 is 39.5 Å². The van der Waals surface area contributed by atoms with Crippen molar-refractivity contribution in [2.45, 2.75) is 490 Å². The van der Waals surface area contributed by atoms with Crippen LogP contribution in [0.4, 0.5) is 0 Å². The summed E-state index contributed by atoms with van der Waals surface area (Å²) < 4.78 is 69.0. The molecule has 0 bridgehead atoms. The highest BCUT2D eigenvalue weighted by atomic mass is 31.2. The second-order valence-corrected chi connectivity index (χ2v) is 34.7. The van der Waals surface area contributed by atoms with Crippen molar-refractivity contribution in [1.82, 2.24) is 0 Å². The van der Waals surface area contributed by atoms with Gasteiger partial charge in [-0.1, -0.05) is 420 Å². The smallest absolute Gasteiger partial charge is 0.462 e. The fourth-order valence-corrected chi connectivity index (χ4v) is 15.2. The summed E-state index contributed by atoms with van der Waals surface area (Å²) in [5.74, 6) is -1.30. The van der Waals surface area contributed by atoms with Crippen LogP contribution in [0.5, 0.6) is 0 Å². The Balaban J connectivity index is 5.25. The van der Waals surface area contributed by atoms with Crippen molar-refractivity contribution in [3.05, 3.63) is 0 Å². The number of hydrogen-bond acceptors (Lipinski definition) is 15. The third kappa shape index (κ3) is 80.1. The summed E-state index contributed by atoms with van der Waals surface area (Å²) in [4.78, 5) is 73.3. The number of aliphatic hydroxyl groups is 1. The van der Waals surface area contributed by atoms with Crippen molar-refractivity contribution >= 4 is 39.5 Å². The van der Waals surface area contributed by atoms with Gasteiger partial charge in [-0.05, 0) is 31.6 Å². The lowest BCUT2D eigenvalue weighted by Crippen LogP contribution is -2.30. The van der Waals surface area contributed by atoms with Crippen molar-refractivity contribution in [1.29, 1.82) is 0 Å². The molecule has 0 aliphatic heterocycles. The van der Waals surface area contributed by atoms with Crippen LogP contribution in [-0.2, 0) is 65.4 Å². The molecule has 0 fully saturated rings. The van der Waals surface area contributed by atoms with Crippen LogP contribution in [-0.4, -0.2) is 96.7 Å². The summed E-state index contributed by atoms with van der Waals surface area (Å²) in [5.41, 5.74) is 0. The van der Waals surface area contributed by atoms with Gasteiger partial charge in [0.25, 0.3) is 0 Å². The first-order valence-electron chi connectivity index (χ1n) is 45.1. The van der Waals surface area contributed by atoms with Gasteiger partial charge in [0.05, 0.1) is 26.4 Å². The van der Waals surface area contributed by atoms with Crippen LogP contribution in [0, 0.1) is 5.92 Å². The number of phosphoric ester groups is 2. The number of carbonyl (C=O) groups excluding carboxylic acids is 4. The molecule has 0 spiro atoms. The van der Waals surface area contributed by atoms with Crippen LogP contribution in [0.15, 0.2) is 0 Å². The Morgan fingerprint density at radius 1 is 0.255 bits per heavy atom. The van der Waals surface area contributed by atoms with Crippen molar-refractivity contribution in [2.75, 3.05) is 39.6 Å². The van der Waals surface area contributed by atoms with E-state index in [9.17, 15) is 43.2 Å². The molecular formula is C87H170O17P2. The Labute approximate surface area is 651 Å². The first-order valence-corrected chi connectivity index (χ1v) is 48.1. The van der Waals surface area contributed by atoms with Crippen LogP contribution in [0.3, 0.4) is 0 Å². The molecule has 0 heterocycles. The van der Waals surface area contributed by atoms with Crippen molar-refractivity contribution in [3.63, 3.8) is 0 Å². The van der Waals surface area contributed by atoms with Crippen LogP contribution in [0.25, 0.3) is 0 Å². The van der Waals surface area contributed by atoms with Crippen molar-refractivity contribution in [2.24, 2.45) is 5.92 Å². The van der Waals surface area contributed by atoms with Gasteiger partial charge in [-0.3, -0.25) is 37.3 Å². The molecule has 5 atom stereocenters. The molecule has 0 radical (unpaired) electrons. The van der Waals surface area contributed by atoms with E-state index in [4.69, 9.17) is 37.0 Å². The lowest BCUT2D eigenvalue weighted by molar-refractivity contribution is -0.161. The van der Waals surface area contributed by atoms with Gasteiger partial charge in [-0.25, -0.2) is 9.13 Å². The summed E-state index contributed by atoms with van der Waals surface area (Å²) in [6, 6.07) is 0. The van der Waals surface area contributed by atoms with Gasteiger partial charge in [-0.15, -0.1) is 0 Å². The number of ether oxygens (including phenoxy) is 4. The van der Waals surface area contributed by atoms with Gasteiger partial charge < -0.3 is 33.8 Å². The van der Waals surface area contributed by atoms with E-state index in [-0.39, 0.29) is 25.7 Å². The Morgan fingerprint density at radius 2 is 0.434 bits per heavy atom. The molecule has 0 aliphatic carbocycles. The van der Waals surface area contributed by atoms with Crippen LogP contribution < -0.4 is 0 Å². The quantitative estimate of drug-likeness (QED) is 0.0222. The molecule has 2 unspecified atom stereocenters. The van der Waals surface area contributed by atoms with Crippen molar-refractivity contribution < 1.29 is 80.2 Å². The molecule has 630 valence electrons. The first-order chi connectivity index (χ1) is 51.5. The summed E-state index contributed by atoms with van der Waals surface area (Å²) in [7, 11) is -9.93. The van der Waals surface area contributed by atoms with Crippen LogP contribution in [0.2, 0.25) is 0 Å². The van der Waals surface area contributed by atoms with Crippen molar-refractivity contribution in [3.8, 4) is 0 Å². The summed E-state index contributed by atoms with van der Waals surface area (Å²) in [5, 5.41) is 10.7. The number of unbranched alkanes of at least 4 members (excludes halogenated alkanes) is 59. The fourth-order valence-electron chi connectivity index (χ4n) is 13.6. The lowest BCUT2D eigenvalue weighted by Gasteiger charge is -2.21. The molecule has 0 saturated carbocycles. The minimum absolute atomic E-state index is 0.109. The van der Waals surface area contributed by atoms with Gasteiger partial charge in [0, 0.05) is 25.7 Å². The standard InChI is InChI=1S/C87H170O17P2/c1-6-9-12-15-18-21-24-27-29-31-32-33-34-35-37-43-48-53-58-63-68-73-87(92)104-83(77-98-85(90)71-66-61-56-51-46-41-39-38-40-44-49-54-59-64-69-80(4)5)79-102-106(95,96)100-75-81(88)74-99-105(93,94)101-78-82(76-97-84(89)70-65-60-55-50-45-26-23-20-17-14-11-8-3)103-86(91)72-67-62-57-52-47-42-36-30-28-25-22-19-16-13-10-7-2/h80-83,88H,6-79H2,1-5H3,(H,93,94)(H,95,96)/t81-,82+,83+/m0/s1. The SMILES string of the molecule is CCCCCCCCCCCCCCCCCCCCCCCC(=O)O[C@H](COC(=O)CCCCCCCCCCCCCCCCC(C)C)COP(=O)(O)OC[C@@H](O)COP(=O)(O)OC[C@@H](COC(=O)CCCCCCCCCCCCCC)OC(=O)CCCCCCCCCCCCCCCCCC. The molecule has 0 aromatic carbocycles. The highest BCUT2D eigenvalue weighted by Gasteiger charge is 2.30. The van der Waals surface area contributed by atoms with Crippen LogP contribution >= 0.6 is 15.6 Å². The number of carbonyl (C=O) groups is 4. The maximum Gasteiger partial charge on any atom is 0.472 e. The summed E-state index contributed by atoms with van der Waals surface area (Å²) in [6.07, 6.45) is 73.5. The molecule has 17 nitrogen and oxygen atoms in total. The van der Waals surface area contributed by atoms with Gasteiger partial charge in [0.2, 0.25) is 0 Å². The monoisotopic (exact) mass is 1550 g/mol. The average molecular weight is 1550 g/mol. The third-order valence-electron chi connectivity index (χ3n) is 20.5. The zero-order valence-corrected chi connectivity index (χ0v) is 71.4. The third-order valence-corrected chi connectivity index (χ3v) is 22.4. The minimum atomic E-state index is -4.97. The van der Waals surface area contributed by atoms with Gasteiger partial charge in [0.1, 0.15) is 19.3 Å². The van der Waals surface area contributed by atoms with Gasteiger partial charge in [-0.2, -0.15) is 0 Å². The number of esters is 4. The molecule has 0 aromatic heterocycles. The zero-order chi connectivity index (χ0) is 77.6. The maximum absolute atomic E-state index is 13.2. The van der Waals surface area contributed by atoms with E-state index in [2.05, 4.69) is 34.6 Å². The molecule has 0 amide bonds. The number of hydrogen-bond donors (Lipinski definition) is 3. The molecular weight excluding hydrogens is 1380 g/mol. The summed E-state index contributed by atoms with van der Waals surface area (Å²) in [6.45, 7) is 7.40. The Morgan fingerprint density at radius 3 is 0.642 bits per heavy atom. The van der Waals surface area contributed by atoms with E-state index in [0.717, 1.165) is 95.8 Å². The normalized spacial score (nSPS) is 13.7. The maximum atomic E-state index is 13.2. The van der Waals surface area contributed by atoms with E-state index in [0.29, 0.717) is 25.7 Å². The molecule has 0 aromatic rings. The van der Waals surface area contributed by atoms with E-state index in [1.165, 1.54) is 295 Å². The molecule has 19 heteroatoms. The Kier molecular flexibility index (Phi) is 78.2. The molecule has 0 rings (SSSR count). The Hall–Kier alpha value is -1.94. The predicted octanol–water partition coefficient (Wildman–Crippen LogP) is 26.8. The van der Waals surface area contributed by atoms with E-state index >= 15 is 0 Å². The molecule has 106 heavy (non-hydrogen) atoms. The predicted molar refractivity (Wildman–Crippen MR) is 437 cm³/mol. The highest BCUT2D eigenvalue weighted by molar-refractivity contribution is 7.47. The second-order valence-electron chi connectivity index (χ2n) is 31.8. The lowest BCUT2D eigenvalue weighted by atomic mass is 10.0. The highest BCUT2D eigenvalue weighted by Crippen LogP contribution is 2.45. The van der Waals surface area contributed by atoms with Crippen LogP contribution in [0.1, 0.15) is 471 Å².